The molecule has 124 valence electrons. The highest BCUT2D eigenvalue weighted by atomic mass is 16.5. The second kappa shape index (κ2) is 7.13. The van der Waals surface area contributed by atoms with Gasteiger partial charge in [0.25, 0.3) is 0 Å². The third kappa shape index (κ3) is 3.72. The van der Waals surface area contributed by atoms with Gasteiger partial charge in [0.1, 0.15) is 5.75 Å². The molecule has 0 aliphatic heterocycles. The maximum Gasteiger partial charge on any atom is 0.119 e. The lowest BCUT2D eigenvalue weighted by molar-refractivity contribution is 0.412. The Morgan fingerprint density at radius 3 is 3.00 bits per heavy atom. The topological polar surface area (TPSA) is 52.0 Å². The molecule has 0 saturated carbocycles. The zero-order valence-corrected chi connectivity index (χ0v) is 14.2. The normalized spacial score (nSPS) is 17.3. The van der Waals surface area contributed by atoms with Crippen molar-refractivity contribution in [2.75, 3.05) is 13.7 Å². The lowest BCUT2D eigenvalue weighted by Gasteiger charge is -2.26. The monoisotopic (exact) mass is 314 g/mol. The number of aryl methyl sites for hydroxylation is 1. The minimum atomic E-state index is 0.358. The third-order valence-corrected chi connectivity index (χ3v) is 4.57. The van der Waals surface area contributed by atoms with Gasteiger partial charge in [0.15, 0.2) is 0 Å². The molecule has 1 unspecified atom stereocenters. The number of rotatable bonds is 6. The third-order valence-electron chi connectivity index (χ3n) is 4.57. The SMILES string of the molecule is COc1ccc2c(c1)CCCC2CNCc1cn(C(C)C)nn1. The zero-order valence-electron chi connectivity index (χ0n) is 14.2. The summed E-state index contributed by atoms with van der Waals surface area (Å²) in [5.74, 6) is 1.53. The van der Waals surface area contributed by atoms with Crippen LogP contribution in [0, 0.1) is 0 Å². The summed E-state index contributed by atoms with van der Waals surface area (Å²) in [4.78, 5) is 0. The minimum absolute atomic E-state index is 0.358. The summed E-state index contributed by atoms with van der Waals surface area (Å²) in [6.07, 6.45) is 5.67. The Bertz CT molecular complexity index is 650. The molecule has 1 aliphatic carbocycles. The minimum Gasteiger partial charge on any atom is -0.497 e. The largest absolute Gasteiger partial charge is 0.497 e. The average Bonchev–Trinajstić information content (AvgIpc) is 3.03. The van der Waals surface area contributed by atoms with Crippen LogP contribution in [0.25, 0.3) is 0 Å². The molecule has 0 fully saturated rings. The Labute approximate surface area is 138 Å². The van der Waals surface area contributed by atoms with Crippen LogP contribution in [0.1, 0.15) is 55.5 Å². The quantitative estimate of drug-likeness (QED) is 0.890. The number of fused-ring (bicyclic) bond motifs is 1. The number of aromatic nitrogens is 3. The number of benzene rings is 1. The highest BCUT2D eigenvalue weighted by molar-refractivity contribution is 5.39. The van der Waals surface area contributed by atoms with Gasteiger partial charge in [-0.1, -0.05) is 11.3 Å². The van der Waals surface area contributed by atoms with Crippen LogP contribution in [0.15, 0.2) is 24.4 Å². The van der Waals surface area contributed by atoms with Crippen molar-refractivity contribution in [3.05, 3.63) is 41.2 Å². The molecule has 5 nitrogen and oxygen atoms in total. The summed E-state index contributed by atoms with van der Waals surface area (Å²) in [6, 6.07) is 6.85. The highest BCUT2D eigenvalue weighted by Crippen LogP contribution is 2.33. The molecule has 1 aromatic carbocycles. The number of hydrogen-bond acceptors (Lipinski definition) is 4. The van der Waals surface area contributed by atoms with Gasteiger partial charge in [-0.15, -0.1) is 5.10 Å². The summed E-state index contributed by atoms with van der Waals surface area (Å²) in [6.45, 7) is 5.97. The summed E-state index contributed by atoms with van der Waals surface area (Å²) >= 11 is 0. The van der Waals surface area contributed by atoms with Gasteiger partial charge in [0.05, 0.1) is 19.0 Å². The van der Waals surface area contributed by atoms with E-state index in [-0.39, 0.29) is 0 Å². The fourth-order valence-electron chi connectivity index (χ4n) is 3.25. The summed E-state index contributed by atoms with van der Waals surface area (Å²) in [5.41, 5.74) is 3.91. The molecule has 0 spiro atoms. The maximum atomic E-state index is 5.34. The lowest BCUT2D eigenvalue weighted by atomic mass is 9.82. The van der Waals surface area contributed by atoms with Gasteiger partial charge < -0.3 is 10.1 Å². The van der Waals surface area contributed by atoms with Crippen molar-refractivity contribution in [3.63, 3.8) is 0 Å². The molecule has 1 aromatic heterocycles. The summed E-state index contributed by atoms with van der Waals surface area (Å²) < 4.78 is 7.24. The van der Waals surface area contributed by atoms with E-state index >= 15 is 0 Å². The Morgan fingerprint density at radius 1 is 1.39 bits per heavy atom. The molecule has 3 rings (SSSR count). The van der Waals surface area contributed by atoms with Crippen molar-refractivity contribution in [1.29, 1.82) is 0 Å². The van der Waals surface area contributed by atoms with Gasteiger partial charge in [-0.05, 0) is 62.3 Å². The van der Waals surface area contributed by atoms with Crippen LogP contribution in [0.5, 0.6) is 5.75 Å². The Morgan fingerprint density at radius 2 is 2.26 bits per heavy atom. The van der Waals surface area contributed by atoms with Gasteiger partial charge >= 0.3 is 0 Å². The van der Waals surface area contributed by atoms with Crippen molar-refractivity contribution in [3.8, 4) is 5.75 Å². The Balaban J connectivity index is 1.59. The first-order valence-electron chi connectivity index (χ1n) is 8.45. The fraction of sp³-hybridized carbons (Fsp3) is 0.556. The molecule has 0 radical (unpaired) electrons. The molecule has 1 N–H and O–H groups in total. The zero-order chi connectivity index (χ0) is 16.2. The van der Waals surface area contributed by atoms with E-state index in [1.165, 1.54) is 24.0 Å². The van der Waals surface area contributed by atoms with Crippen molar-refractivity contribution >= 4 is 0 Å². The molecule has 2 aromatic rings. The van der Waals surface area contributed by atoms with Crippen molar-refractivity contribution in [2.24, 2.45) is 0 Å². The van der Waals surface area contributed by atoms with Crippen LogP contribution in [0.3, 0.4) is 0 Å². The van der Waals surface area contributed by atoms with Crippen LogP contribution in [0.2, 0.25) is 0 Å². The second-order valence-electron chi connectivity index (χ2n) is 6.57. The van der Waals surface area contributed by atoms with Crippen LogP contribution >= 0.6 is 0 Å². The maximum absolute atomic E-state index is 5.34. The van der Waals surface area contributed by atoms with Gasteiger partial charge in [0, 0.05) is 19.1 Å². The first kappa shape index (κ1) is 16.0. The molecular weight excluding hydrogens is 288 g/mol. The van der Waals surface area contributed by atoms with Gasteiger partial charge in [-0.2, -0.15) is 0 Å². The van der Waals surface area contributed by atoms with E-state index in [1.807, 2.05) is 10.9 Å². The highest BCUT2D eigenvalue weighted by Gasteiger charge is 2.20. The van der Waals surface area contributed by atoms with E-state index in [0.717, 1.165) is 31.0 Å². The average molecular weight is 314 g/mol. The first-order valence-corrected chi connectivity index (χ1v) is 8.45. The summed E-state index contributed by atoms with van der Waals surface area (Å²) in [7, 11) is 1.73. The molecule has 1 atom stereocenters. The summed E-state index contributed by atoms with van der Waals surface area (Å²) in [5, 5.41) is 11.9. The molecule has 0 bridgehead atoms. The van der Waals surface area contributed by atoms with E-state index < -0.39 is 0 Å². The van der Waals surface area contributed by atoms with Crippen LogP contribution in [-0.2, 0) is 13.0 Å². The molecule has 1 aliphatic rings. The number of hydrogen-bond donors (Lipinski definition) is 1. The number of ether oxygens (including phenoxy) is 1. The standard InChI is InChI=1S/C18H26N4O/c1-13(2)22-12-16(20-21-22)11-19-10-15-6-4-5-14-9-17(23-3)7-8-18(14)15/h7-9,12-13,15,19H,4-6,10-11H2,1-3H3. The van der Waals surface area contributed by atoms with Crippen LogP contribution < -0.4 is 10.1 Å². The number of methoxy groups -OCH3 is 1. The lowest BCUT2D eigenvalue weighted by Crippen LogP contribution is -2.24. The van der Waals surface area contributed by atoms with Gasteiger partial charge in [-0.25, -0.2) is 4.68 Å². The second-order valence-corrected chi connectivity index (χ2v) is 6.57. The van der Waals surface area contributed by atoms with E-state index in [0.29, 0.717) is 12.0 Å². The fourth-order valence-corrected chi connectivity index (χ4v) is 3.25. The van der Waals surface area contributed by atoms with E-state index in [1.54, 1.807) is 7.11 Å². The van der Waals surface area contributed by atoms with Crippen LogP contribution in [0.4, 0.5) is 0 Å². The van der Waals surface area contributed by atoms with E-state index in [4.69, 9.17) is 4.74 Å². The predicted octanol–water partition coefficient (Wildman–Crippen LogP) is 3.08. The number of nitrogens with zero attached hydrogens (tertiary/aromatic N) is 3. The smallest absolute Gasteiger partial charge is 0.119 e. The molecule has 5 heteroatoms. The van der Waals surface area contributed by atoms with E-state index in [2.05, 4.69) is 47.7 Å². The molecule has 0 saturated heterocycles. The Hall–Kier alpha value is -1.88. The Kier molecular flexibility index (Phi) is 4.96. The molecule has 0 amide bonds. The van der Waals surface area contributed by atoms with Crippen LogP contribution in [-0.4, -0.2) is 28.6 Å². The predicted molar refractivity (Wildman–Crippen MR) is 90.8 cm³/mol. The first-order chi connectivity index (χ1) is 11.2. The molecule has 23 heavy (non-hydrogen) atoms. The number of nitrogens with one attached hydrogen (secondary N) is 1. The molecular formula is C18H26N4O. The van der Waals surface area contributed by atoms with Crippen molar-refractivity contribution < 1.29 is 4.74 Å². The van der Waals surface area contributed by atoms with Crippen molar-refractivity contribution in [2.45, 2.75) is 51.6 Å². The van der Waals surface area contributed by atoms with Gasteiger partial charge in [0.2, 0.25) is 0 Å². The van der Waals surface area contributed by atoms with Gasteiger partial charge in [-0.3, -0.25) is 0 Å². The van der Waals surface area contributed by atoms with Crippen molar-refractivity contribution in [1.82, 2.24) is 20.3 Å². The molecule has 1 heterocycles. The van der Waals surface area contributed by atoms with E-state index in [9.17, 15) is 0 Å².